The average Bonchev–Trinajstić information content (AvgIpc) is 2.53. The molecule has 2 amide bonds. The molecule has 0 saturated carbocycles. The largest absolute Gasteiger partial charge is 0.416 e. The number of carbonyl (C=O) groups excluding carboxylic acids is 2. The highest BCUT2D eigenvalue weighted by molar-refractivity contribution is 5.97. The fraction of sp³-hybridized carbons (Fsp3) is 0.529. The summed E-state index contributed by atoms with van der Waals surface area (Å²) in [5.41, 5.74) is -1.05. The second kappa shape index (κ2) is 7.86. The maximum Gasteiger partial charge on any atom is 0.416 e. The molecule has 1 aliphatic heterocycles. The van der Waals surface area contributed by atoms with Crippen molar-refractivity contribution >= 4 is 17.5 Å². The van der Waals surface area contributed by atoms with Crippen LogP contribution in [-0.2, 0) is 11.0 Å². The van der Waals surface area contributed by atoms with E-state index in [1.165, 1.54) is 13.0 Å². The van der Waals surface area contributed by atoms with E-state index >= 15 is 0 Å². The third kappa shape index (κ3) is 5.19. The average molecular weight is 357 g/mol. The zero-order valence-electron chi connectivity index (χ0n) is 14.2. The summed E-state index contributed by atoms with van der Waals surface area (Å²) in [7, 11) is 1.86. The topological polar surface area (TPSA) is 61.4 Å². The summed E-state index contributed by atoms with van der Waals surface area (Å²) in [6, 6.07) is 2.96. The lowest BCUT2D eigenvalue weighted by Gasteiger charge is -2.32. The van der Waals surface area contributed by atoms with Crippen molar-refractivity contribution in [2.45, 2.75) is 25.9 Å². The molecule has 0 bridgehead atoms. The van der Waals surface area contributed by atoms with Gasteiger partial charge in [-0.2, -0.15) is 13.2 Å². The Morgan fingerprint density at radius 1 is 1.20 bits per heavy atom. The second-order valence-electron chi connectivity index (χ2n) is 6.27. The summed E-state index contributed by atoms with van der Waals surface area (Å²) in [6.45, 7) is 3.08. The zero-order valence-corrected chi connectivity index (χ0v) is 14.2. The number of alkyl halides is 3. The molecule has 8 heteroatoms. The molecule has 2 rings (SSSR count). The highest BCUT2D eigenvalue weighted by Gasteiger charge is 2.33. The summed E-state index contributed by atoms with van der Waals surface area (Å²) in [4.78, 5) is 25.3. The number of halogens is 3. The van der Waals surface area contributed by atoms with Crippen molar-refractivity contribution in [2.75, 3.05) is 32.0 Å². The van der Waals surface area contributed by atoms with Gasteiger partial charge in [0.1, 0.15) is 0 Å². The maximum absolute atomic E-state index is 13.1. The molecule has 0 unspecified atom stereocenters. The smallest absolute Gasteiger partial charge is 0.339 e. The number of carbonyl (C=O) groups is 2. The first-order valence-corrected chi connectivity index (χ1v) is 8.14. The summed E-state index contributed by atoms with van der Waals surface area (Å²) in [5, 5.41) is 5.42. The lowest BCUT2D eigenvalue weighted by atomic mass is 9.96. The first-order valence-electron chi connectivity index (χ1n) is 8.14. The SMILES string of the molecule is CNCC1CCN(C(=O)c2cc(NC(C)=O)cc(C(F)(F)F)c2)CC1. The van der Waals surface area contributed by atoms with Crippen LogP contribution in [0.15, 0.2) is 18.2 Å². The highest BCUT2D eigenvalue weighted by atomic mass is 19.4. The molecule has 1 aromatic carbocycles. The van der Waals surface area contributed by atoms with Gasteiger partial charge in [-0.3, -0.25) is 9.59 Å². The van der Waals surface area contributed by atoms with E-state index in [0.717, 1.165) is 31.5 Å². The van der Waals surface area contributed by atoms with Crippen LogP contribution in [0.25, 0.3) is 0 Å². The molecule has 1 saturated heterocycles. The van der Waals surface area contributed by atoms with Gasteiger partial charge in [-0.25, -0.2) is 0 Å². The molecule has 1 aromatic rings. The zero-order chi connectivity index (χ0) is 18.6. The number of rotatable bonds is 4. The molecule has 138 valence electrons. The molecule has 1 heterocycles. The van der Waals surface area contributed by atoms with Crippen LogP contribution < -0.4 is 10.6 Å². The van der Waals surface area contributed by atoms with Crippen molar-refractivity contribution in [2.24, 2.45) is 5.92 Å². The van der Waals surface area contributed by atoms with E-state index in [9.17, 15) is 22.8 Å². The fourth-order valence-electron chi connectivity index (χ4n) is 3.00. The maximum atomic E-state index is 13.1. The van der Waals surface area contributed by atoms with Gasteiger partial charge in [0.05, 0.1) is 5.56 Å². The molecule has 25 heavy (non-hydrogen) atoms. The number of benzene rings is 1. The normalized spacial score (nSPS) is 16.0. The number of likely N-dealkylation sites (tertiary alicyclic amines) is 1. The molecule has 0 spiro atoms. The molecule has 0 atom stereocenters. The molecular formula is C17H22F3N3O2. The van der Waals surface area contributed by atoms with E-state index in [0.29, 0.717) is 19.0 Å². The van der Waals surface area contributed by atoms with E-state index in [-0.39, 0.29) is 11.3 Å². The summed E-state index contributed by atoms with van der Waals surface area (Å²) >= 11 is 0. The number of nitrogens with zero attached hydrogens (tertiary/aromatic N) is 1. The monoisotopic (exact) mass is 357 g/mol. The van der Waals surface area contributed by atoms with Crippen LogP contribution in [0.2, 0.25) is 0 Å². The van der Waals surface area contributed by atoms with E-state index in [1.54, 1.807) is 4.90 Å². The van der Waals surface area contributed by atoms with E-state index in [2.05, 4.69) is 10.6 Å². The summed E-state index contributed by atoms with van der Waals surface area (Å²) < 4.78 is 39.2. The predicted molar refractivity (Wildman–Crippen MR) is 88.3 cm³/mol. The molecule has 0 aliphatic carbocycles. The number of amides is 2. The summed E-state index contributed by atoms with van der Waals surface area (Å²) in [5.74, 6) is -0.475. The minimum atomic E-state index is -4.59. The standard InChI is InChI=1S/C17H22F3N3O2/c1-11(24)22-15-8-13(7-14(9-15)17(18,19)20)16(25)23-5-3-12(4-6-23)10-21-2/h7-9,12,21H,3-6,10H2,1-2H3,(H,22,24). The molecule has 0 aromatic heterocycles. The van der Waals surface area contributed by atoms with E-state index < -0.39 is 23.6 Å². The van der Waals surface area contributed by atoms with Gasteiger partial charge in [-0.05, 0) is 50.6 Å². The minimum absolute atomic E-state index is 0.0317. The molecule has 1 aliphatic rings. The van der Waals surface area contributed by atoms with Crippen LogP contribution in [0, 0.1) is 5.92 Å². The molecule has 2 N–H and O–H groups in total. The van der Waals surface area contributed by atoms with E-state index in [4.69, 9.17) is 0 Å². The van der Waals surface area contributed by atoms with Crippen molar-refractivity contribution in [1.82, 2.24) is 10.2 Å². The van der Waals surface area contributed by atoms with Gasteiger partial charge >= 0.3 is 6.18 Å². The quantitative estimate of drug-likeness (QED) is 0.871. The van der Waals surface area contributed by atoms with Gasteiger partial charge in [-0.15, -0.1) is 0 Å². The number of piperidine rings is 1. The van der Waals surface area contributed by atoms with Gasteiger partial charge in [0.25, 0.3) is 5.91 Å². The highest BCUT2D eigenvalue weighted by Crippen LogP contribution is 2.32. The van der Waals surface area contributed by atoms with Gasteiger partial charge in [0, 0.05) is 31.3 Å². The first kappa shape index (κ1) is 19.2. The number of anilines is 1. The van der Waals surface area contributed by atoms with Gasteiger partial charge in [0.2, 0.25) is 5.91 Å². The molecule has 1 fully saturated rings. The van der Waals surface area contributed by atoms with Crippen LogP contribution >= 0.6 is 0 Å². The van der Waals surface area contributed by atoms with Crippen LogP contribution in [0.4, 0.5) is 18.9 Å². The number of hydrogen-bond donors (Lipinski definition) is 2. The van der Waals surface area contributed by atoms with Crippen molar-refractivity contribution < 1.29 is 22.8 Å². The van der Waals surface area contributed by atoms with Crippen molar-refractivity contribution in [3.05, 3.63) is 29.3 Å². The molecule has 5 nitrogen and oxygen atoms in total. The second-order valence-corrected chi connectivity index (χ2v) is 6.27. The van der Waals surface area contributed by atoms with Crippen molar-refractivity contribution in [3.8, 4) is 0 Å². The van der Waals surface area contributed by atoms with Crippen molar-refractivity contribution in [3.63, 3.8) is 0 Å². The Balaban J connectivity index is 2.22. The number of hydrogen-bond acceptors (Lipinski definition) is 3. The minimum Gasteiger partial charge on any atom is -0.339 e. The summed E-state index contributed by atoms with van der Waals surface area (Å²) in [6.07, 6.45) is -2.97. The van der Waals surface area contributed by atoms with Gasteiger partial charge in [0.15, 0.2) is 0 Å². The number of nitrogens with one attached hydrogen (secondary N) is 2. The van der Waals surface area contributed by atoms with Crippen LogP contribution in [0.1, 0.15) is 35.7 Å². The Morgan fingerprint density at radius 2 is 1.84 bits per heavy atom. The Kier molecular flexibility index (Phi) is 6.05. The Labute approximate surface area is 144 Å². The third-order valence-corrected chi connectivity index (χ3v) is 4.22. The first-order chi connectivity index (χ1) is 11.7. The van der Waals surface area contributed by atoms with Gasteiger partial charge in [-0.1, -0.05) is 0 Å². The van der Waals surface area contributed by atoms with E-state index in [1.807, 2.05) is 7.05 Å². The van der Waals surface area contributed by atoms with Crippen molar-refractivity contribution in [1.29, 1.82) is 0 Å². The van der Waals surface area contributed by atoms with Crippen LogP contribution in [-0.4, -0.2) is 43.4 Å². The molecule has 0 radical (unpaired) electrons. The Morgan fingerprint density at radius 3 is 2.36 bits per heavy atom. The Bertz CT molecular complexity index is 639. The lowest BCUT2D eigenvalue weighted by Crippen LogP contribution is -2.40. The van der Waals surface area contributed by atoms with Crippen LogP contribution in [0.5, 0.6) is 0 Å². The van der Waals surface area contributed by atoms with Crippen LogP contribution in [0.3, 0.4) is 0 Å². The third-order valence-electron chi connectivity index (χ3n) is 4.22. The lowest BCUT2D eigenvalue weighted by molar-refractivity contribution is -0.137. The van der Waals surface area contributed by atoms with Gasteiger partial charge < -0.3 is 15.5 Å². The predicted octanol–water partition coefficient (Wildman–Crippen LogP) is 2.74. The fourth-order valence-corrected chi connectivity index (χ4v) is 3.00. The Hall–Kier alpha value is -2.09. The molecular weight excluding hydrogens is 335 g/mol.